The fraction of sp³-hybridized carbons (Fsp3) is 0.308. The van der Waals surface area contributed by atoms with E-state index in [1.807, 2.05) is 0 Å². The second-order valence-corrected chi connectivity index (χ2v) is 4.96. The van der Waals surface area contributed by atoms with Crippen molar-refractivity contribution in [2.75, 3.05) is 6.54 Å². The molecule has 0 saturated heterocycles. The highest BCUT2D eigenvalue weighted by Gasteiger charge is 2.14. The van der Waals surface area contributed by atoms with E-state index in [1.165, 1.54) is 6.92 Å². The summed E-state index contributed by atoms with van der Waals surface area (Å²) in [4.78, 5) is 33.7. The number of nitrogens with two attached hydrogens (primary N) is 1. The molecule has 2 amide bonds. The monoisotopic (exact) mass is 342 g/mol. The van der Waals surface area contributed by atoms with Crippen LogP contribution in [0, 0.1) is 0 Å². The highest BCUT2D eigenvalue weighted by Crippen LogP contribution is 2.10. The molecule has 0 spiro atoms. The molecule has 0 heterocycles. The molecule has 1 atom stereocenters. The van der Waals surface area contributed by atoms with Gasteiger partial charge in [0.15, 0.2) is 6.10 Å². The molecule has 0 aromatic heterocycles. The fourth-order valence-electron chi connectivity index (χ4n) is 1.30. The quantitative estimate of drug-likeness (QED) is 0.753. The van der Waals surface area contributed by atoms with Crippen molar-refractivity contribution < 1.29 is 19.1 Å². The summed E-state index contributed by atoms with van der Waals surface area (Å²) in [6.45, 7) is 1.51. The molecule has 0 saturated carbocycles. The SMILES string of the molecule is C[C@@H](OC(=O)CCNC(=O)c1ccc(Br)cc1)C(N)=O. The summed E-state index contributed by atoms with van der Waals surface area (Å²) in [6.07, 6.45) is -0.996. The lowest BCUT2D eigenvalue weighted by Crippen LogP contribution is -2.32. The van der Waals surface area contributed by atoms with Gasteiger partial charge in [-0.05, 0) is 31.2 Å². The Morgan fingerprint density at radius 1 is 1.30 bits per heavy atom. The van der Waals surface area contributed by atoms with E-state index in [9.17, 15) is 14.4 Å². The van der Waals surface area contributed by atoms with Crippen molar-refractivity contribution in [3.05, 3.63) is 34.3 Å². The van der Waals surface area contributed by atoms with Crippen LogP contribution in [0.3, 0.4) is 0 Å². The predicted octanol–water partition coefficient (Wildman–Crippen LogP) is 0.986. The lowest BCUT2D eigenvalue weighted by molar-refractivity contribution is -0.153. The maximum atomic E-state index is 11.7. The first-order valence-corrected chi connectivity index (χ1v) is 6.72. The van der Waals surface area contributed by atoms with E-state index in [-0.39, 0.29) is 18.9 Å². The van der Waals surface area contributed by atoms with Gasteiger partial charge in [0.1, 0.15) is 0 Å². The fourth-order valence-corrected chi connectivity index (χ4v) is 1.56. The number of carbonyl (C=O) groups is 3. The minimum atomic E-state index is -0.968. The van der Waals surface area contributed by atoms with Crippen molar-refractivity contribution in [2.45, 2.75) is 19.4 Å². The third-order valence-electron chi connectivity index (χ3n) is 2.43. The van der Waals surface area contributed by atoms with Crippen LogP contribution in [-0.4, -0.2) is 30.4 Å². The molecular weight excluding hydrogens is 328 g/mol. The molecule has 1 aromatic carbocycles. The zero-order valence-corrected chi connectivity index (χ0v) is 12.5. The molecule has 7 heteroatoms. The molecule has 0 radical (unpaired) electrons. The Morgan fingerprint density at radius 3 is 2.45 bits per heavy atom. The van der Waals surface area contributed by atoms with Gasteiger partial charge in [-0.15, -0.1) is 0 Å². The largest absolute Gasteiger partial charge is 0.453 e. The molecule has 0 aliphatic rings. The topological polar surface area (TPSA) is 98.5 Å². The molecule has 0 fully saturated rings. The molecule has 6 nitrogen and oxygen atoms in total. The van der Waals surface area contributed by atoms with E-state index in [2.05, 4.69) is 21.2 Å². The summed E-state index contributed by atoms with van der Waals surface area (Å²) in [5.74, 6) is -1.59. The van der Waals surface area contributed by atoms with Crippen molar-refractivity contribution in [1.82, 2.24) is 5.32 Å². The molecule has 20 heavy (non-hydrogen) atoms. The van der Waals surface area contributed by atoms with E-state index >= 15 is 0 Å². The highest BCUT2D eigenvalue weighted by molar-refractivity contribution is 9.10. The van der Waals surface area contributed by atoms with Crippen molar-refractivity contribution >= 4 is 33.7 Å². The van der Waals surface area contributed by atoms with Gasteiger partial charge in [-0.1, -0.05) is 15.9 Å². The first-order valence-electron chi connectivity index (χ1n) is 5.92. The van der Waals surface area contributed by atoms with Crippen LogP contribution >= 0.6 is 15.9 Å². The number of hydrogen-bond acceptors (Lipinski definition) is 4. The Balaban J connectivity index is 2.33. The lowest BCUT2D eigenvalue weighted by Gasteiger charge is -2.10. The van der Waals surface area contributed by atoms with Gasteiger partial charge in [0.25, 0.3) is 11.8 Å². The van der Waals surface area contributed by atoms with Gasteiger partial charge in [0, 0.05) is 16.6 Å². The van der Waals surface area contributed by atoms with E-state index < -0.39 is 18.0 Å². The average molecular weight is 343 g/mol. The van der Waals surface area contributed by atoms with Gasteiger partial charge in [-0.3, -0.25) is 14.4 Å². The minimum Gasteiger partial charge on any atom is -0.453 e. The Hall–Kier alpha value is -1.89. The molecule has 1 aromatic rings. The third kappa shape index (κ3) is 5.40. The molecular formula is C13H15BrN2O4. The van der Waals surface area contributed by atoms with Gasteiger partial charge in [-0.25, -0.2) is 0 Å². The van der Waals surface area contributed by atoms with Crippen LogP contribution in [-0.2, 0) is 14.3 Å². The summed E-state index contributed by atoms with van der Waals surface area (Å²) in [6, 6.07) is 6.81. The number of esters is 1. The average Bonchev–Trinajstić information content (AvgIpc) is 2.39. The molecule has 0 aliphatic carbocycles. The number of nitrogens with one attached hydrogen (secondary N) is 1. The Kier molecular flexibility index (Phi) is 6.17. The van der Waals surface area contributed by atoms with E-state index in [0.29, 0.717) is 5.56 Å². The van der Waals surface area contributed by atoms with Crippen LogP contribution in [0.15, 0.2) is 28.7 Å². The lowest BCUT2D eigenvalue weighted by atomic mass is 10.2. The van der Waals surface area contributed by atoms with Gasteiger partial charge >= 0.3 is 5.97 Å². The second kappa shape index (κ2) is 7.64. The van der Waals surface area contributed by atoms with Crippen molar-refractivity contribution in [3.63, 3.8) is 0 Å². The minimum absolute atomic E-state index is 0.0279. The number of amides is 2. The van der Waals surface area contributed by atoms with Gasteiger partial charge in [0.2, 0.25) is 0 Å². The molecule has 1 rings (SSSR count). The third-order valence-corrected chi connectivity index (χ3v) is 2.96. The summed E-state index contributed by atoms with van der Waals surface area (Å²) < 4.78 is 5.62. The van der Waals surface area contributed by atoms with Crippen molar-refractivity contribution in [3.8, 4) is 0 Å². The van der Waals surface area contributed by atoms with E-state index in [1.54, 1.807) is 24.3 Å². The summed E-state index contributed by atoms with van der Waals surface area (Å²) >= 11 is 3.27. The summed E-state index contributed by atoms with van der Waals surface area (Å²) in [5, 5.41) is 2.58. The van der Waals surface area contributed by atoms with Crippen molar-refractivity contribution in [2.24, 2.45) is 5.73 Å². The molecule has 108 valence electrons. The smallest absolute Gasteiger partial charge is 0.308 e. The number of ether oxygens (including phenoxy) is 1. The normalized spacial score (nSPS) is 11.5. The first kappa shape index (κ1) is 16.2. The summed E-state index contributed by atoms with van der Waals surface area (Å²) in [5.41, 5.74) is 5.45. The zero-order chi connectivity index (χ0) is 15.1. The Morgan fingerprint density at radius 2 is 1.90 bits per heavy atom. The molecule has 3 N–H and O–H groups in total. The number of rotatable bonds is 6. The van der Waals surface area contributed by atoms with Crippen LogP contribution in [0.5, 0.6) is 0 Å². The maximum absolute atomic E-state index is 11.7. The van der Waals surface area contributed by atoms with Crippen LogP contribution < -0.4 is 11.1 Å². The van der Waals surface area contributed by atoms with E-state index in [0.717, 1.165) is 4.47 Å². The van der Waals surface area contributed by atoms with Crippen molar-refractivity contribution in [1.29, 1.82) is 0 Å². The molecule has 0 aliphatic heterocycles. The Bertz CT molecular complexity index is 502. The standard InChI is InChI=1S/C13H15BrN2O4/c1-8(12(15)18)20-11(17)6-7-16-13(19)9-2-4-10(14)5-3-9/h2-5,8H,6-7H2,1H3,(H2,15,18)(H,16,19)/t8-/m1/s1. The molecule has 0 unspecified atom stereocenters. The Labute approximate surface area is 124 Å². The van der Waals surface area contributed by atoms with Crippen LogP contribution in [0.25, 0.3) is 0 Å². The van der Waals surface area contributed by atoms with Crippen LogP contribution in [0.4, 0.5) is 0 Å². The first-order chi connectivity index (χ1) is 9.40. The van der Waals surface area contributed by atoms with Gasteiger partial charge < -0.3 is 15.8 Å². The van der Waals surface area contributed by atoms with Crippen LogP contribution in [0.2, 0.25) is 0 Å². The predicted molar refractivity (Wildman–Crippen MR) is 75.8 cm³/mol. The second-order valence-electron chi connectivity index (χ2n) is 4.05. The van der Waals surface area contributed by atoms with Gasteiger partial charge in [0.05, 0.1) is 6.42 Å². The maximum Gasteiger partial charge on any atom is 0.308 e. The number of carbonyl (C=O) groups excluding carboxylic acids is 3. The number of primary amides is 1. The zero-order valence-electron chi connectivity index (χ0n) is 10.9. The van der Waals surface area contributed by atoms with Gasteiger partial charge in [-0.2, -0.15) is 0 Å². The van der Waals surface area contributed by atoms with Crippen LogP contribution in [0.1, 0.15) is 23.7 Å². The number of halogens is 1. The highest BCUT2D eigenvalue weighted by atomic mass is 79.9. The number of hydrogen-bond donors (Lipinski definition) is 2. The van der Waals surface area contributed by atoms with E-state index in [4.69, 9.17) is 10.5 Å². The molecule has 0 bridgehead atoms. The number of benzene rings is 1. The summed E-state index contributed by atoms with van der Waals surface area (Å²) in [7, 11) is 0.